The Hall–Kier alpha value is -2.23. The number of esters is 1. The van der Waals surface area contributed by atoms with Gasteiger partial charge in [0.1, 0.15) is 11.5 Å². The molecular weight excluding hydrogens is 232 g/mol. The highest BCUT2D eigenvalue weighted by Crippen LogP contribution is 2.31. The van der Waals surface area contributed by atoms with E-state index in [9.17, 15) is 9.90 Å². The van der Waals surface area contributed by atoms with E-state index in [0.717, 1.165) is 0 Å². The van der Waals surface area contributed by atoms with Gasteiger partial charge in [0, 0.05) is 5.56 Å². The molecule has 0 fully saturated rings. The third kappa shape index (κ3) is 2.22. The van der Waals surface area contributed by atoms with Crippen LogP contribution in [0.15, 0.2) is 34.9 Å². The molecule has 0 amide bonds. The van der Waals surface area contributed by atoms with Crippen LogP contribution in [0.3, 0.4) is 0 Å². The van der Waals surface area contributed by atoms with Gasteiger partial charge in [-0.1, -0.05) is 0 Å². The summed E-state index contributed by atoms with van der Waals surface area (Å²) >= 11 is 0. The van der Waals surface area contributed by atoms with Gasteiger partial charge in [-0.25, -0.2) is 4.79 Å². The van der Waals surface area contributed by atoms with E-state index in [0.29, 0.717) is 29.1 Å². The Morgan fingerprint density at radius 3 is 2.83 bits per heavy atom. The summed E-state index contributed by atoms with van der Waals surface area (Å²) in [6.45, 7) is 3.80. The highest BCUT2D eigenvalue weighted by atomic mass is 16.5. The number of aryl methyl sites for hydroxylation is 1. The molecule has 0 saturated heterocycles. The van der Waals surface area contributed by atoms with Crippen LogP contribution in [-0.2, 0) is 4.74 Å². The van der Waals surface area contributed by atoms with Gasteiger partial charge in [0.15, 0.2) is 0 Å². The molecule has 1 aromatic carbocycles. The van der Waals surface area contributed by atoms with E-state index in [2.05, 4.69) is 0 Å². The van der Waals surface area contributed by atoms with Crippen LogP contribution >= 0.6 is 0 Å². The van der Waals surface area contributed by atoms with Crippen LogP contribution in [-0.4, -0.2) is 17.7 Å². The molecule has 94 valence electrons. The van der Waals surface area contributed by atoms with Gasteiger partial charge in [0.2, 0.25) is 0 Å². The Bertz CT molecular complexity index is 555. The lowest BCUT2D eigenvalue weighted by Crippen LogP contribution is -2.08. The quantitative estimate of drug-likeness (QED) is 0.845. The summed E-state index contributed by atoms with van der Waals surface area (Å²) in [6, 6.07) is 6.48. The maximum atomic E-state index is 11.9. The van der Waals surface area contributed by atoms with Crippen LogP contribution in [0, 0.1) is 6.92 Å². The number of ether oxygens (including phenoxy) is 1. The topological polar surface area (TPSA) is 59.7 Å². The Labute approximate surface area is 105 Å². The third-order valence-electron chi connectivity index (χ3n) is 2.59. The van der Waals surface area contributed by atoms with Crippen LogP contribution < -0.4 is 0 Å². The molecule has 18 heavy (non-hydrogen) atoms. The minimum absolute atomic E-state index is 0.0898. The van der Waals surface area contributed by atoms with E-state index < -0.39 is 5.97 Å². The zero-order valence-corrected chi connectivity index (χ0v) is 10.3. The van der Waals surface area contributed by atoms with Gasteiger partial charge in [0.25, 0.3) is 0 Å². The Morgan fingerprint density at radius 1 is 1.44 bits per heavy atom. The number of hydrogen-bond acceptors (Lipinski definition) is 4. The fourth-order valence-electron chi connectivity index (χ4n) is 1.87. The van der Waals surface area contributed by atoms with Gasteiger partial charge in [-0.2, -0.15) is 0 Å². The molecule has 1 aromatic heterocycles. The molecule has 0 saturated carbocycles. The Morgan fingerprint density at radius 2 is 2.22 bits per heavy atom. The van der Waals surface area contributed by atoms with E-state index in [1.165, 1.54) is 18.4 Å². The van der Waals surface area contributed by atoms with E-state index in [1.807, 2.05) is 0 Å². The number of rotatable bonds is 3. The molecule has 2 rings (SSSR count). The predicted octanol–water partition coefficient (Wildman–Crippen LogP) is 3.14. The SMILES string of the molecule is CCOC(=O)c1c(C)cc(O)cc1-c1ccco1. The van der Waals surface area contributed by atoms with Crippen molar-refractivity contribution in [2.45, 2.75) is 13.8 Å². The second kappa shape index (κ2) is 4.96. The molecule has 4 heteroatoms. The molecule has 0 unspecified atom stereocenters. The van der Waals surface area contributed by atoms with Crippen molar-refractivity contribution in [3.8, 4) is 17.1 Å². The smallest absolute Gasteiger partial charge is 0.339 e. The number of benzene rings is 1. The summed E-state index contributed by atoms with van der Waals surface area (Å²) in [7, 11) is 0. The minimum Gasteiger partial charge on any atom is -0.508 e. The highest BCUT2D eigenvalue weighted by Gasteiger charge is 2.19. The number of carbonyl (C=O) groups excluding carboxylic acids is 1. The maximum absolute atomic E-state index is 11.9. The summed E-state index contributed by atoms with van der Waals surface area (Å²) in [6.07, 6.45) is 1.52. The van der Waals surface area contributed by atoms with Crippen LogP contribution in [0.2, 0.25) is 0 Å². The van der Waals surface area contributed by atoms with Crippen LogP contribution in [0.25, 0.3) is 11.3 Å². The molecular formula is C14H14O4. The first-order chi connectivity index (χ1) is 8.63. The van der Waals surface area contributed by atoms with Crippen LogP contribution in [0.4, 0.5) is 0 Å². The van der Waals surface area contributed by atoms with Crippen molar-refractivity contribution in [1.82, 2.24) is 0 Å². The monoisotopic (exact) mass is 246 g/mol. The number of aromatic hydroxyl groups is 1. The van der Waals surface area contributed by atoms with Crippen molar-refractivity contribution in [2.75, 3.05) is 6.61 Å². The fraction of sp³-hybridized carbons (Fsp3) is 0.214. The molecule has 0 aliphatic heterocycles. The summed E-state index contributed by atoms with van der Waals surface area (Å²) in [5.41, 5.74) is 1.61. The number of hydrogen-bond donors (Lipinski definition) is 1. The number of phenols is 1. The Balaban J connectivity index is 2.59. The minimum atomic E-state index is -0.415. The van der Waals surface area contributed by atoms with Gasteiger partial charge in [-0.05, 0) is 43.7 Å². The number of furan rings is 1. The molecule has 0 atom stereocenters. The van der Waals surface area contributed by atoms with Gasteiger partial charge in [0.05, 0.1) is 18.4 Å². The molecule has 1 N–H and O–H groups in total. The third-order valence-corrected chi connectivity index (χ3v) is 2.59. The summed E-state index contributed by atoms with van der Waals surface area (Å²) < 4.78 is 10.3. The van der Waals surface area contributed by atoms with Crippen molar-refractivity contribution >= 4 is 5.97 Å². The fourth-order valence-corrected chi connectivity index (χ4v) is 1.87. The van der Waals surface area contributed by atoms with Crippen molar-refractivity contribution in [1.29, 1.82) is 0 Å². The average molecular weight is 246 g/mol. The average Bonchev–Trinajstić information content (AvgIpc) is 2.81. The second-order valence-electron chi connectivity index (χ2n) is 3.88. The Kier molecular flexibility index (Phi) is 3.37. The molecule has 0 spiro atoms. The number of phenolic OH excluding ortho intramolecular Hbond substituents is 1. The van der Waals surface area contributed by atoms with E-state index >= 15 is 0 Å². The van der Waals surface area contributed by atoms with Gasteiger partial charge >= 0.3 is 5.97 Å². The summed E-state index contributed by atoms with van der Waals surface area (Å²) in [5.74, 6) is 0.199. The van der Waals surface area contributed by atoms with Crippen LogP contribution in [0.5, 0.6) is 5.75 Å². The maximum Gasteiger partial charge on any atom is 0.339 e. The standard InChI is InChI=1S/C14H14O4/c1-3-17-14(16)13-9(2)7-10(15)8-11(13)12-5-4-6-18-12/h4-8,15H,3H2,1-2H3. The summed E-state index contributed by atoms with van der Waals surface area (Å²) in [4.78, 5) is 11.9. The second-order valence-corrected chi connectivity index (χ2v) is 3.88. The van der Waals surface area contributed by atoms with Gasteiger partial charge in [-0.3, -0.25) is 0 Å². The van der Waals surface area contributed by atoms with Crippen molar-refractivity contribution < 1.29 is 19.1 Å². The van der Waals surface area contributed by atoms with Gasteiger partial charge in [-0.15, -0.1) is 0 Å². The lowest BCUT2D eigenvalue weighted by Gasteiger charge is -2.10. The zero-order chi connectivity index (χ0) is 13.1. The predicted molar refractivity (Wildman–Crippen MR) is 66.5 cm³/mol. The molecule has 0 bridgehead atoms. The lowest BCUT2D eigenvalue weighted by molar-refractivity contribution is 0.0526. The first-order valence-corrected chi connectivity index (χ1v) is 5.68. The van der Waals surface area contributed by atoms with E-state index in [-0.39, 0.29) is 5.75 Å². The van der Waals surface area contributed by atoms with Crippen molar-refractivity contribution in [3.05, 3.63) is 41.7 Å². The highest BCUT2D eigenvalue weighted by molar-refractivity contribution is 5.98. The molecule has 4 nitrogen and oxygen atoms in total. The summed E-state index contributed by atoms with van der Waals surface area (Å²) in [5, 5.41) is 9.64. The lowest BCUT2D eigenvalue weighted by atomic mass is 9.99. The number of carbonyl (C=O) groups is 1. The van der Waals surface area contributed by atoms with E-state index in [1.54, 1.807) is 26.0 Å². The largest absolute Gasteiger partial charge is 0.508 e. The van der Waals surface area contributed by atoms with Crippen molar-refractivity contribution in [3.63, 3.8) is 0 Å². The van der Waals surface area contributed by atoms with Crippen molar-refractivity contribution in [2.24, 2.45) is 0 Å². The molecule has 0 aliphatic carbocycles. The molecule has 0 aliphatic rings. The molecule has 0 radical (unpaired) electrons. The molecule has 1 heterocycles. The van der Waals surface area contributed by atoms with Crippen LogP contribution in [0.1, 0.15) is 22.8 Å². The normalized spacial score (nSPS) is 10.3. The molecule has 2 aromatic rings. The first kappa shape index (κ1) is 12.2. The van der Waals surface area contributed by atoms with Gasteiger partial charge < -0.3 is 14.3 Å². The zero-order valence-electron chi connectivity index (χ0n) is 10.3. The van der Waals surface area contributed by atoms with E-state index in [4.69, 9.17) is 9.15 Å². The first-order valence-electron chi connectivity index (χ1n) is 5.68.